The third-order valence-corrected chi connectivity index (χ3v) is 2.32. The number of aliphatic hydroxyl groups excluding tert-OH is 1. The van der Waals surface area contributed by atoms with Crippen molar-refractivity contribution in [3.8, 4) is 0 Å². The van der Waals surface area contributed by atoms with Gasteiger partial charge in [-0.2, -0.15) is 0 Å². The monoisotopic (exact) mass is 244 g/mol. The molecule has 0 bridgehead atoms. The van der Waals surface area contributed by atoms with Crippen LogP contribution < -0.4 is 0 Å². The summed E-state index contributed by atoms with van der Waals surface area (Å²) in [6.07, 6.45) is 3.16. The molecule has 0 radical (unpaired) electrons. The fourth-order valence-corrected chi connectivity index (χ4v) is 1.33. The number of hydrogen-bond donors (Lipinski definition) is 2. The lowest BCUT2D eigenvalue weighted by atomic mass is 10.1. The number of ether oxygens (including phenoxy) is 1. The Morgan fingerprint density at radius 2 is 1.94 bits per heavy atom. The van der Waals surface area contributed by atoms with Gasteiger partial charge >= 0.3 is 11.9 Å². The molecule has 0 amide bonds. The molecule has 0 spiro atoms. The summed E-state index contributed by atoms with van der Waals surface area (Å²) in [5.74, 6) is -1.94. The topological polar surface area (TPSA) is 83.8 Å². The third-order valence-electron chi connectivity index (χ3n) is 2.32. The second kappa shape index (κ2) is 8.75. The summed E-state index contributed by atoms with van der Waals surface area (Å²) >= 11 is 0. The highest BCUT2D eigenvalue weighted by molar-refractivity contribution is 5.90. The molecule has 5 nitrogen and oxygen atoms in total. The number of carbonyl (C=O) groups is 2. The van der Waals surface area contributed by atoms with Gasteiger partial charge in [0, 0.05) is 12.2 Å². The van der Waals surface area contributed by atoms with Crippen molar-refractivity contribution in [3.63, 3.8) is 0 Å². The van der Waals surface area contributed by atoms with E-state index in [-0.39, 0.29) is 0 Å². The van der Waals surface area contributed by atoms with Gasteiger partial charge in [-0.05, 0) is 19.3 Å². The SMILES string of the molecule is CCCCC(OC(=O)/C=C/C(=O)O)C(O)CC. The van der Waals surface area contributed by atoms with Crippen LogP contribution in [0.4, 0.5) is 0 Å². The molecule has 5 heteroatoms. The molecule has 0 aromatic heterocycles. The molecule has 0 aliphatic carbocycles. The number of carboxylic acid groups (broad SMARTS) is 1. The molecule has 98 valence electrons. The van der Waals surface area contributed by atoms with E-state index in [0.29, 0.717) is 12.8 Å². The second-order valence-electron chi connectivity index (χ2n) is 3.76. The average Bonchev–Trinajstić information content (AvgIpc) is 2.30. The Labute approximate surface area is 101 Å². The van der Waals surface area contributed by atoms with E-state index in [2.05, 4.69) is 0 Å². The van der Waals surface area contributed by atoms with Gasteiger partial charge in [0.25, 0.3) is 0 Å². The molecule has 2 N–H and O–H groups in total. The predicted octanol–water partition coefficient (Wildman–Crippen LogP) is 1.50. The van der Waals surface area contributed by atoms with Crippen molar-refractivity contribution in [3.05, 3.63) is 12.2 Å². The van der Waals surface area contributed by atoms with Crippen LogP contribution >= 0.6 is 0 Å². The van der Waals surface area contributed by atoms with Crippen LogP contribution in [0.2, 0.25) is 0 Å². The van der Waals surface area contributed by atoms with Crippen LogP contribution in [-0.2, 0) is 14.3 Å². The zero-order chi connectivity index (χ0) is 13.3. The first-order chi connectivity index (χ1) is 8.01. The van der Waals surface area contributed by atoms with E-state index in [1.807, 2.05) is 6.92 Å². The van der Waals surface area contributed by atoms with Crippen LogP contribution in [0.15, 0.2) is 12.2 Å². The quantitative estimate of drug-likeness (QED) is 0.499. The summed E-state index contributed by atoms with van der Waals surface area (Å²) in [6.45, 7) is 3.80. The van der Waals surface area contributed by atoms with E-state index in [0.717, 1.165) is 25.0 Å². The van der Waals surface area contributed by atoms with E-state index in [1.165, 1.54) is 0 Å². The van der Waals surface area contributed by atoms with Gasteiger partial charge in [-0.15, -0.1) is 0 Å². The van der Waals surface area contributed by atoms with Gasteiger partial charge in [0.15, 0.2) is 0 Å². The number of aliphatic carboxylic acids is 1. The van der Waals surface area contributed by atoms with Gasteiger partial charge < -0.3 is 14.9 Å². The molecular formula is C12H20O5. The van der Waals surface area contributed by atoms with Crippen LogP contribution in [-0.4, -0.2) is 34.4 Å². The Kier molecular flexibility index (Phi) is 8.05. The number of carbonyl (C=O) groups excluding carboxylic acids is 1. The number of carboxylic acids is 1. The zero-order valence-corrected chi connectivity index (χ0v) is 10.3. The molecule has 0 rings (SSSR count). The minimum absolute atomic E-state index is 0.490. The van der Waals surface area contributed by atoms with Crippen molar-refractivity contribution in [1.82, 2.24) is 0 Å². The van der Waals surface area contributed by atoms with Crippen molar-refractivity contribution in [2.45, 2.75) is 51.7 Å². The molecule has 0 aliphatic heterocycles. The summed E-state index contributed by atoms with van der Waals surface area (Å²) in [7, 11) is 0. The van der Waals surface area contributed by atoms with Crippen LogP contribution in [0.25, 0.3) is 0 Å². The van der Waals surface area contributed by atoms with Crippen molar-refractivity contribution >= 4 is 11.9 Å². The highest BCUT2D eigenvalue weighted by Gasteiger charge is 2.20. The number of hydrogen-bond acceptors (Lipinski definition) is 4. The molecule has 0 saturated carbocycles. The average molecular weight is 244 g/mol. The number of unbranched alkanes of at least 4 members (excludes halogenated alkanes) is 1. The van der Waals surface area contributed by atoms with E-state index in [9.17, 15) is 14.7 Å². The van der Waals surface area contributed by atoms with Gasteiger partial charge in [0.05, 0.1) is 6.10 Å². The molecule has 0 aromatic rings. The minimum atomic E-state index is -1.21. The van der Waals surface area contributed by atoms with Crippen LogP contribution in [0, 0.1) is 0 Å². The summed E-state index contributed by atoms with van der Waals surface area (Å²) in [5.41, 5.74) is 0. The van der Waals surface area contributed by atoms with Gasteiger partial charge in [0.1, 0.15) is 6.10 Å². The van der Waals surface area contributed by atoms with Gasteiger partial charge in [-0.25, -0.2) is 9.59 Å². The lowest BCUT2D eigenvalue weighted by Gasteiger charge is -2.21. The molecule has 2 atom stereocenters. The van der Waals surface area contributed by atoms with Crippen molar-refractivity contribution < 1.29 is 24.5 Å². The fraction of sp³-hybridized carbons (Fsp3) is 0.667. The van der Waals surface area contributed by atoms with Crippen molar-refractivity contribution in [2.75, 3.05) is 0 Å². The maximum atomic E-state index is 11.3. The van der Waals surface area contributed by atoms with Crippen molar-refractivity contribution in [2.24, 2.45) is 0 Å². The normalized spacial score (nSPS) is 14.5. The predicted molar refractivity (Wildman–Crippen MR) is 62.5 cm³/mol. The van der Waals surface area contributed by atoms with Crippen LogP contribution in [0.1, 0.15) is 39.5 Å². The maximum absolute atomic E-state index is 11.3. The van der Waals surface area contributed by atoms with Gasteiger partial charge in [-0.3, -0.25) is 0 Å². The fourth-order valence-electron chi connectivity index (χ4n) is 1.33. The third kappa shape index (κ3) is 7.52. The summed E-state index contributed by atoms with van der Waals surface area (Å²) in [4.78, 5) is 21.5. The van der Waals surface area contributed by atoms with Crippen molar-refractivity contribution in [1.29, 1.82) is 0 Å². The van der Waals surface area contributed by atoms with Crippen LogP contribution in [0.5, 0.6) is 0 Å². The lowest BCUT2D eigenvalue weighted by molar-refractivity contribution is -0.150. The first-order valence-electron chi connectivity index (χ1n) is 5.80. The maximum Gasteiger partial charge on any atom is 0.331 e. The number of aliphatic hydroxyl groups is 1. The molecule has 0 saturated heterocycles. The lowest BCUT2D eigenvalue weighted by Crippen LogP contribution is -2.30. The highest BCUT2D eigenvalue weighted by Crippen LogP contribution is 2.12. The summed E-state index contributed by atoms with van der Waals surface area (Å²) in [5, 5.41) is 18.0. The molecule has 2 unspecified atom stereocenters. The largest absolute Gasteiger partial charge is 0.478 e. The van der Waals surface area contributed by atoms with Gasteiger partial charge in [0.2, 0.25) is 0 Å². The molecule has 0 heterocycles. The van der Waals surface area contributed by atoms with E-state index in [1.54, 1.807) is 6.92 Å². The zero-order valence-electron chi connectivity index (χ0n) is 10.3. The summed E-state index contributed by atoms with van der Waals surface area (Å²) in [6, 6.07) is 0. The number of esters is 1. The first kappa shape index (κ1) is 15.6. The Morgan fingerprint density at radius 1 is 1.29 bits per heavy atom. The summed E-state index contributed by atoms with van der Waals surface area (Å²) < 4.78 is 5.02. The van der Waals surface area contributed by atoms with E-state index >= 15 is 0 Å². The smallest absolute Gasteiger partial charge is 0.331 e. The van der Waals surface area contributed by atoms with E-state index < -0.39 is 24.1 Å². The Bertz CT molecular complexity index is 272. The second-order valence-corrected chi connectivity index (χ2v) is 3.76. The Balaban J connectivity index is 4.31. The number of rotatable bonds is 8. The van der Waals surface area contributed by atoms with E-state index in [4.69, 9.17) is 9.84 Å². The molecule has 0 fully saturated rings. The molecular weight excluding hydrogens is 224 g/mol. The highest BCUT2D eigenvalue weighted by atomic mass is 16.6. The minimum Gasteiger partial charge on any atom is -0.478 e. The standard InChI is InChI=1S/C12H20O5/c1-3-5-6-10(9(13)4-2)17-12(16)8-7-11(14)15/h7-10,13H,3-6H2,1-2H3,(H,14,15)/b8-7+. The van der Waals surface area contributed by atoms with Gasteiger partial charge in [-0.1, -0.05) is 20.3 Å². The molecule has 0 aromatic carbocycles. The Morgan fingerprint density at radius 3 is 2.41 bits per heavy atom. The van der Waals surface area contributed by atoms with Crippen LogP contribution in [0.3, 0.4) is 0 Å². The molecule has 17 heavy (non-hydrogen) atoms. The Hall–Kier alpha value is -1.36. The first-order valence-corrected chi connectivity index (χ1v) is 5.80. The molecule has 0 aliphatic rings.